The third kappa shape index (κ3) is 4.87. The van der Waals surface area contributed by atoms with Crippen molar-refractivity contribution in [2.24, 2.45) is 10.1 Å². The molecule has 0 unspecified atom stereocenters. The number of carbonyl (C=O) groups excluding carboxylic acids is 1. The number of nitrogens with zero attached hydrogens (tertiary/aromatic N) is 3. The summed E-state index contributed by atoms with van der Waals surface area (Å²) >= 11 is 1.49. The largest absolute Gasteiger partial charge is 0.493 e. The molecule has 36 heavy (non-hydrogen) atoms. The van der Waals surface area contributed by atoms with Gasteiger partial charge in [0.25, 0.3) is 5.91 Å². The lowest BCUT2D eigenvalue weighted by Crippen LogP contribution is -2.25. The summed E-state index contributed by atoms with van der Waals surface area (Å²) in [5, 5.41) is 9.65. The van der Waals surface area contributed by atoms with Crippen molar-refractivity contribution in [2.75, 3.05) is 26.1 Å². The number of hydrogen-bond acceptors (Lipinski definition) is 7. The van der Waals surface area contributed by atoms with Crippen LogP contribution in [-0.2, 0) is 11.3 Å². The van der Waals surface area contributed by atoms with E-state index >= 15 is 0 Å². The summed E-state index contributed by atoms with van der Waals surface area (Å²) in [6.07, 6.45) is 1.72. The molecule has 0 saturated carbocycles. The molecule has 1 aliphatic heterocycles. The molecule has 3 aromatic carbocycles. The van der Waals surface area contributed by atoms with Gasteiger partial charge in [0.05, 0.1) is 38.4 Å². The van der Waals surface area contributed by atoms with Gasteiger partial charge in [-0.15, -0.1) is 11.3 Å². The standard InChI is InChI=1S/C27H24N4O4S/c1-33-24-10-6-9-20(26(24)34-2)15-29-31-22(17-36-27(31)28-14-18-7-4-3-5-8-18)19-11-12-23-21(13-19)30-25(32)16-35-23/h3-13,15,17H,14,16H2,1-2H3,(H,30,32). The number of thiazole rings is 1. The van der Waals surface area contributed by atoms with E-state index in [1.807, 2.05) is 72.1 Å². The van der Waals surface area contributed by atoms with Crippen LogP contribution in [0, 0.1) is 0 Å². The van der Waals surface area contributed by atoms with E-state index in [1.54, 1.807) is 25.1 Å². The van der Waals surface area contributed by atoms with E-state index in [4.69, 9.17) is 24.3 Å². The summed E-state index contributed by atoms with van der Waals surface area (Å²) < 4.78 is 18.3. The Morgan fingerprint density at radius 2 is 1.94 bits per heavy atom. The molecule has 9 heteroatoms. The minimum absolute atomic E-state index is 0.0139. The maximum absolute atomic E-state index is 11.8. The lowest BCUT2D eigenvalue weighted by Gasteiger charge is -2.18. The van der Waals surface area contributed by atoms with E-state index in [-0.39, 0.29) is 12.5 Å². The van der Waals surface area contributed by atoms with Crippen molar-refractivity contribution in [1.82, 2.24) is 4.68 Å². The molecule has 0 fully saturated rings. The summed E-state index contributed by atoms with van der Waals surface area (Å²) in [6, 6.07) is 21.4. The molecule has 0 spiro atoms. The van der Waals surface area contributed by atoms with Crippen molar-refractivity contribution in [3.05, 3.63) is 88.0 Å². The highest BCUT2D eigenvalue weighted by atomic mass is 32.1. The molecular formula is C27H24N4O4S. The minimum atomic E-state index is -0.181. The van der Waals surface area contributed by atoms with Gasteiger partial charge in [0.15, 0.2) is 18.1 Å². The number of fused-ring (bicyclic) bond motifs is 1. The highest BCUT2D eigenvalue weighted by Crippen LogP contribution is 2.33. The number of aromatic nitrogens is 1. The predicted molar refractivity (Wildman–Crippen MR) is 140 cm³/mol. The average Bonchev–Trinajstić information content (AvgIpc) is 3.33. The Bertz CT molecular complexity index is 1490. The van der Waals surface area contributed by atoms with E-state index in [0.717, 1.165) is 27.2 Å². The zero-order chi connectivity index (χ0) is 24.9. The molecule has 0 radical (unpaired) electrons. The number of nitrogens with one attached hydrogen (secondary N) is 1. The summed E-state index contributed by atoms with van der Waals surface area (Å²) in [5.41, 5.74) is 4.19. The molecule has 0 aliphatic carbocycles. The van der Waals surface area contributed by atoms with Gasteiger partial charge in [-0.2, -0.15) is 5.10 Å². The van der Waals surface area contributed by atoms with Gasteiger partial charge < -0.3 is 19.5 Å². The molecule has 0 bridgehead atoms. The van der Waals surface area contributed by atoms with Crippen LogP contribution in [0.3, 0.4) is 0 Å². The van der Waals surface area contributed by atoms with Gasteiger partial charge in [-0.1, -0.05) is 36.4 Å². The van der Waals surface area contributed by atoms with Crippen molar-refractivity contribution < 1.29 is 19.0 Å². The van der Waals surface area contributed by atoms with Crippen molar-refractivity contribution >= 4 is 29.1 Å². The van der Waals surface area contributed by atoms with Crippen molar-refractivity contribution in [1.29, 1.82) is 0 Å². The van der Waals surface area contributed by atoms with Crippen LogP contribution in [-0.4, -0.2) is 37.6 Å². The Morgan fingerprint density at radius 1 is 1.08 bits per heavy atom. The third-order valence-electron chi connectivity index (χ3n) is 5.58. The molecule has 0 saturated heterocycles. The fraction of sp³-hybridized carbons (Fsp3) is 0.148. The van der Waals surface area contributed by atoms with Gasteiger partial charge in [0.1, 0.15) is 5.75 Å². The van der Waals surface area contributed by atoms with E-state index < -0.39 is 0 Å². The van der Waals surface area contributed by atoms with Gasteiger partial charge in [0.2, 0.25) is 4.80 Å². The van der Waals surface area contributed by atoms with Crippen LogP contribution in [0.5, 0.6) is 17.2 Å². The first-order valence-corrected chi connectivity index (χ1v) is 12.1. The molecular weight excluding hydrogens is 476 g/mol. The second-order valence-electron chi connectivity index (χ2n) is 7.89. The smallest absolute Gasteiger partial charge is 0.262 e. The number of benzene rings is 3. The van der Waals surface area contributed by atoms with Crippen LogP contribution in [0.15, 0.2) is 82.2 Å². The normalized spacial score (nSPS) is 13.3. The number of amides is 1. The lowest BCUT2D eigenvalue weighted by atomic mass is 10.1. The van der Waals surface area contributed by atoms with Crippen LogP contribution in [0.4, 0.5) is 5.69 Å². The molecule has 4 aromatic rings. The first-order valence-electron chi connectivity index (χ1n) is 11.2. The Labute approximate surface area is 212 Å². The number of carbonyl (C=O) groups is 1. The zero-order valence-corrected chi connectivity index (χ0v) is 20.6. The van der Waals surface area contributed by atoms with E-state index in [2.05, 4.69) is 5.32 Å². The molecule has 1 N–H and O–H groups in total. The number of rotatable bonds is 7. The SMILES string of the molecule is COc1cccc(C=Nn2c(-c3ccc4c(c3)NC(=O)CO4)csc2=NCc2ccccc2)c1OC. The first-order chi connectivity index (χ1) is 17.7. The first kappa shape index (κ1) is 23.4. The second-order valence-corrected chi connectivity index (χ2v) is 8.73. The molecule has 182 valence electrons. The van der Waals surface area contributed by atoms with Crippen LogP contribution < -0.4 is 24.3 Å². The monoisotopic (exact) mass is 500 g/mol. The van der Waals surface area contributed by atoms with Gasteiger partial charge in [0, 0.05) is 16.5 Å². The summed E-state index contributed by atoms with van der Waals surface area (Å²) in [6.45, 7) is 0.535. The molecule has 0 atom stereocenters. The molecule has 2 heterocycles. The summed E-state index contributed by atoms with van der Waals surface area (Å²) in [4.78, 5) is 17.4. The van der Waals surface area contributed by atoms with E-state index in [9.17, 15) is 4.79 Å². The number of hydrogen-bond donors (Lipinski definition) is 1. The van der Waals surface area contributed by atoms with Crippen LogP contribution in [0.25, 0.3) is 11.3 Å². The lowest BCUT2D eigenvalue weighted by molar-refractivity contribution is -0.118. The number of para-hydroxylation sites is 1. The quantitative estimate of drug-likeness (QED) is 0.377. The molecule has 5 rings (SSSR count). The minimum Gasteiger partial charge on any atom is -0.493 e. The number of ether oxygens (including phenoxy) is 3. The number of methoxy groups -OCH3 is 2. The van der Waals surface area contributed by atoms with Crippen LogP contribution in [0.2, 0.25) is 0 Å². The van der Waals surface area contributed by atoms with Gasteiger partial charge in [-0.25, -0.2) is 4.68 Å². The molecule has 1 aromatic heterocycles. The highest BCUT2D eigenvalue weighted by Gasteiger charge is 2.18. The molecule has 1 aliphatic rings. The van der Waals surface area contributed by atoms with Gasteiger partial charge in [-0.05, 0) is 35.9 Å². The second kappa shape index (κ2) is 10.5. The summed E-state index contributed by atoms with van der Waals surface area (Å²) in [5.74, 6) is 1.67. The molecule has 8 nitrogen and oxygen atoms in total. The number of anilines is 1. The topological polar surface area (TPSA) is 86.4 Å². The van der Waals surface area contributed by atoms with Crippen molar-refractivity contribution in [3.8, 4) is 28.5 Å². The predicted octanol–water partition coefficient (Wildman–Crippen LogP) is 4.55. The fourth-order valence-electron chi connectivity index (χ4n) is 3.84. The highest BCUT2D eigenvalue weighted by molar-refractivity contribution is 7.07. The average molecular weight is 501 g/mol. The maximum Gasteiger partial charge on any atom is 0.262 e. The van der Waals surface area contributed by atoms with Crippen LogP contribution in [0.1, 0.15) is 11.1 Å². The van der Waals surface area contributed by atoms with Gasteiger partial charge >= 0.3 is 0 Å². The van der Waals surface area contributed by atoms with Crippen molar-refractivity contribution in [2.45, 2.75) is 6.54 Å². The van der Waals surface area contributed by atoms with Gasteiger partial charge in [-0.3, -0.25) is 9.79 Å². The zero-order valence-electron chi connectivity index (χ0n) is 19.8. The molecule has 1 amide bonds. The van der Waals surface area contributed by atoms with Crippen molar-refractivity contribution in [3.63, 3.8) is 0 Å². The van der Waals surface area contributed by atoms with E-state index in [0.29, 0.717) is 29.5 Å². The maximum atomic E-state index is 11.8. The third-order valence-corrected chi connectivity index (χ3v) is 6.43. The van der Waals surface area contributed by atoms with Crippen LogP contribution >= 0.6 is 11.3 Å². The Morgan fingerprint density at radius 3 is 2.75 bits per heavy atom. The Hall–Kier alpha value is -4.37. The Balaban J connectivity index is 1.59. The Kier molecular flexibility index (Phi) is 6.81. The fourth-order valence-corrected chi connectivity index (χ4v) is 4.67. The summed E-state index contributed by atoms with van der Waals surface area (Å²) in [7, 11) is 3.20. The van der Waals surface area contributed by atoms with E-state index in [1.165, 1.54) is 11.3 Å².